The molecule has 1 rings (SSSR count). The van der Waals surface area contributed by atoms with E-state index in [1.54, 1.807) is 0 Å². The molecule has 1 aromatic rings. The lowest BCUT2D eigenvalue weighted by Crippen LogP contribution is -2.28. The van der Waals surface area contributed by atoms with Gasteiger partial charge in [-0.05, 0) is 25.9 Å². The first-order valence-electron chi connectivity index (χ1n) is 7.11. The van der Waals surface area contributed by atoms with Gasteiger partial charge in [-0.3, -0.25) is 0 Å². The number of imidazole rings is 1. The van der Waals surface area contributed by atoms with Gasteiger partial charge in [-0.25, -0.2) is 4.98 Å². The fourth-order valence-electron chi connectivity index (χ4n) is 2.16. The lowest BCUT2D eigenvalue weighted by Gasteiger charge is -2.20. The van der Waals surface area contributed by atoms with Gasteiger partial charge < -0.3 is 14.6 Å². The molecule has 0 aromatic carbocycles. The molecule has 0 bridgehead atoms. The van der Waals surface area contributed by atoms with Crippen molar-refractivity contribution >= 4 is 0 Å². The number of aliphatic hydroxyl groups is 1. The van der Waals surface area contributed by atoms with E-state index in [2.05, 4.69) is 35.2 Å². The quantitative estimate of drug-likeness (QED) is 0.731. The van der Waals surface area contributed by atoms with E-state index in [-0.39, 0.29) is 6.10 Å². The second-order valence-electron chi connectivity index (χ2n) is 4.71. The third-order valence-electron chi connectivity index (χ3n) is 3.36. The van der Waals surface area contributed by atoms with Crippen molar-refractivity contribution in [1.82, 2.24) is 14.5 Å². The van der Waals surface area contributed by atoms with Crippen LogP contribution in [-0.2, 0) is 13.0 Å². The number of rotatable bonds is 9. The third-order valence-corrected chi connectivity index (χ3v) is 3.36. The number of hydrogen-bond donors (Lipinski definition) is 1. The lowest BCUT2D eigenvalue weighted by molar-refractivity contribution is 0.140. The average molecular weight is 253 g/mol. The van der Waals surface area contributed by atoms with Crippen molar-refractivity contribution in [1.29, 1.82) is 0 Å². The van der Waals surface area contributed by atoms with E-state index in [4.69, 9.17) is 0 Å². The van der Waals surface area contributed by atoms with Gasteiger partial charge >= 0.3 is 0 Å². The van der Waals surface area contributed by atoms with Crippen LogP contribution in [0.25, 0.3) is 0 Å². The molecule has 1 N–H and O–H groups in total. The minimum Gasteiger partial charge on any atom is -0.393 e. The fraction of sp³-hybridized carbons (Fsp3) is 0.786. The van der Waals surface area contributed by atoms with Gasteiger partial charge in [-0.1, -0.05) is 20.8 Å². The van der Waals surface area contributed by atoms with Gasteiger partial charge in [0.25, 0.3) is 0 Å². The highest BCUT2D eigenvalue weighted by molar-refractivity contribution is 4.94. The number of aliphatic hydroxyl groups excluding tert-OH is 1. The van der Waals surface area contributed by atoms with Crippen molar-refractivity contribution < 1.29 is 5.11 Å². The van der Waals surface area contributed by atoms with E-state index in [0.717, 1.165) is 44.8 Å². The molecular weight excluding hydrogens is 226 g/mol. The van der Waals surface area contributed by atoms with Gasteiger partial charge in [0.2, 0.25) is 0 Å². The van der Waals surface area contributed by atoms with Crippen molar-refractivity contribution in [2.24, 2.45) is 0 Å². The highest BCUT2D eigenvalue weighted by atomic mass is 16.3. The van der Waals surface area contributed by atoms with Crippen molar-refractivity contribution in [3.05, 3.63) is 18.2 Å². The van der Waals surface area contributed by atoms with E-state index >= 15 is 0 Å². The Kier molecular flexibility index (Phi) is 6.98. The van der Waals surface area contributed by atoms with Crippen LogP contribution in [0.4, 0.5) is 0 Å². The molecule has 0 amide bonds. The summed E-state index contributed by atoms with van der Waals surface area (Å²) in [5.74, 6) is 1.00. The van der Waals surface area contributed by atoms with Gasteiger partial charge in [0.15, 0.2) is 0 Å². The first kappa shape index (κ1) is 15.2. The molecule has 1 aromatic heterocycles. The van der Waals surface area contributed by atoms with Crippen LogP contribution in [0.3, 0.4) is 0 Å². The van der Waals surface area contributed by atoms with Gasteiger partial charge in [0.05, 0.1) is 6.10 Å². The maximum Gasteiger partial charge on any atom is 0.111 e. The molecule has 0 spiro atoms. The Morgan fingerprint density at radius 2 is 2.06 bits per heavy atom. The molecule has 1 heterocycles. The number of hydrogen-bond acceptors (Lipinski definition) is 3. The average Bonchev–Trinajstić information content (AvgIpc) is 2.78. The number of nitrogens with zero attached hydrogens (tertiary/aromatic N) is 3. The Bertz CT molecular complexity index is 321. The van der Waals surface area contributed by atoms with E-state index in [1.807, 2.05) is 12.4 Å². The zero-order valence-electron chi connectivity index (χ0n) is 12.0. The second-order valence-corrected chi connectivity index (χ2v) is 4.71. The molecule has 1 atom stereocenters. The molecule has 4 nitrogen and oxygen atoms in total. The van der Waals surface area contributed by atoms with Crippen LogP contribution in [0, 0.1) is 0 Å². The molecule has 0 aliphatic rings. The third kappa shape index (κ3) is 4.78. The molecule has 1 unspecified atom stereocenters. The van der Waals surface area contributed by atoms with Crippen LogP contribution >= 0.6 is 0 Å². The summed E-state index contributed by atoms with van der Waals surface area (Å²) in [5, 5.41) is 10.1. The smallest absolute Gasteiger partial charge is 0.111 e. The number of aromatic nitrogens is 2. The minimum absolute atomic E-state index is 0.288. The Morgan fingerprint density at radius 3 is 2.67 bits per heavy atom. The van der Waals surface area contributed by atoms with E-state index in [1.165, 1.54) is 0 Å². The SMILES string of the molecule is CCCn1ccnc1CC(O)CCN(CC)CC. The summed E-state index contributed by atoms with van der Waals surface area (Å²) < 4.78 is 2.14. The molecule has 4 heteroatoms. The summed E-state index contributed by atoms with van der Waals surface area (Å²) in [5.41, 5.74) is 0. The van der Waals surface area contributed by atoms with Crippen LogP contribution in [0.5, 0.6) is 0 Å². The normalized spacial score (nSPS) is 13.2. The highest BCUT2D eigenvalue weighted by Gasteiger charge is 2.11. The van der Waals surface area contributed by atoms with Gasteiger partial charge in [0.1, 0.15) is 5.82 Å². The zero-order valence-corrected chi connectivity index (χ0v) is 12.0. The molecule has 0 saturated carbocycles. The monoisotopic (exact) mass is 253 g/mol. The van der Waals surface area contributed by atoms with Crippen LogP contribution in [0.2, 0.25) is 0 Å². The summed E-state index contributed by atoms with van der Waals surface area (Å²) >= 11 is 0. The maximum absolute atomic E-state index is 10.1. The van der Waals surface area contributed by atoms with Gasteiger partial charge in [-0.2, -0.15) is 0 Å². The second kappa shape index (κ2) is 8.27. The van der Waals surface area contributed by atoms with Crippen molar-refractivity contribution in [2.75, 3.05) is 19.6 Å². The van der Waals surface area contributed by atoms with E-state index in [0.29, 0.717) is 6.42 Å². The highest BCUT2D eigenvalue weighted by Crippen LogP contribution is 2.06. The summed E-state index contributed by atoms with van der Waals surface area (Å²) in [6.07, 6.45) is 6.11. The molecular formula is C14H27N3O. The molecule has 0 saturated heterocycles. The summed E-state index contributed by atoms with van der Waals surface area (Å²) in [6.45, 7) is 10.5. The Labute approximate surface area is 111 Å². The molecule has 0 radical (unpaired) electrons. The van der Waals surface area contributed by atoms with Crippen LogP contribution in [0.1, 0.15) is 39.4 Å². The van der Waals surface area contributed by atoms with Crippen LogP contribution < -0.4 is 0 Å². The molecule has 0 aliphatic heterocycles. The predicted octanol–water partition coefficient (Wildman–Crippen LogP) is 1.93. The Morgan fingerprint density at radius 1 is 1.33 bits per heavy atom. The first-order chi connectivity index (χ1) is 8.71. The maximum atomic E-state index is 10.1. The van der Waals surface area contributed by atoms with Crippen molar-refractivity contribution in [3.8, 4) is 0 Å². The Balaban J connectivity index is 2.39. The topological polar surface area (TPSA) is 41.3 Å². The minimum atomic E-state index is -0.288. The van der Waals surface area contributed by atoms with Gasteiger partial charge in [-0.15, -0.1) is 0 Å². The fourth-order valence-corrected chi connectivity index (χ4v) is 2.16. The molecule has 0 fully saturated rings. The van der Waals surface area contributed by atoms with Gasteiger partial charge in [0, 0.05) is 31.9 Å². The Hall–Kier alpha value is -0.870. The van der Waals surface area contributed by atoms with E-state index < -0.39 is 0 Å². The largest absolute Gasteiger partial charge is 0.393 e. The standard InChI is InChI=1S/C14H27N3O/c1-4-9-17-11-8-15-14(17)12-13(18)7-10-16(5-2)6-3/h8,11,13,18H,4-7,9-10,12H2,1-3H3. The summed E-state index contributed by atoms with van der Waals surface area (Å²) in [4.78, 5) is 6.67. The lowest BCUT2D eigenvalue weighted by atomic mass is 10.1. The number of aryl methyl sites for hydroxylation is 1. The zero-order chi connectivity index (χ0) is 13.4. The van der Waals surface area contributed by atoms with E-state index in [9.17, 15) is 5.11 Å². The van der Waals surface area contributed by atoms with Crippen molar-refractivity contribution in [2.45, 2.75) is 52.7 Å². The van der Waals surface area contributed by atoms with Crippen LogP contribution in [0.15, 0.2) is 12.4 Å². The van der Waals surface area contributed by atoms with Crippen LogP contribution in [-0.4, -0.2) is 45.3 Å². The molecule has 104 valence electrons. The summed E-state index contributed by atoms with van der Waals surface area (Å²) in [6, 6.07) is 0. The summed E-state index contributed by atoms with van der Waals surface area (Å²) in [7, 11) is 0. The molecule has 18 heavy (non-hydrogen) atoms. The first-order valence-corrected chi connectivity index (χ1v) is 7.11. The predicted molar refractivity (Wildman–Crippen MR) is 74.6 cm³/mol. The molecule has 0 aliphatic carbocycles. The van der Waals surface area contributed by atoms with Crippen molar-refractivity contribution in [3.63, 3.8) is 0 Å².